The van der Waals surface area contributed by atoms with Crippen LogP contribution in [0.1, 0.15) is 9.67 Å². The number of thiophene rings is 1. The monoisotopic (exact) mass is 390 g/mol. The van der Waals surface area contributed by atoms with E-state index in [1.165, 1.54) is 29.4 Å². The van der Waals surface area contributed by atoms with E-state index in [-0.39, 0.29) is 10.7 Å². The highest BCUT2D eigenvalue weighted by molar-refractivity contribution is 9.11. The highest BCUT2D eigenvalue weighted by Crippen LogP contribution is 2.26. The molecule has 0 radical (unpaired) electrons. The second kappa shape index (κ2) is 6.43. The largest absolute Gasteiger partial charge is 0.292 e. The van der Waals surface area contributed by atoms with E-state index in [1.807, 2.05) is 6.07 Å². The van der Waals surface area contributed by atoms with Crippen molar-refractivity contribution in [2.45, 2.75) is 9.79 Å². The van der Waals surface area contributed by atoms with Crippen LogP contribution in [0.15, 0.2) is 50.0 Å². The van der Waals surface area contributed by atoms with Gasteiger partial charge in [-0.2, -0.15) is 0 Å². The van der Waals surface area contributed by atoms with E-state index >= 15 is 0 Å². The minimum atomic E-state index is -3.17. The Kier molecular flexibility index (Phi) is 5.06. The molecule has 0 saturated heterocycles. The first-order chi connectivity index (χ1) is 9.36. The third-order valence-corrected chi connectivity index (χ3v) is 6.28. The zero-order chi connectivity index (χ0) is 14.8. The summed E-state index contributed by atoms with van der Waals surface area (Å²) in [6.07, 6.45) is 1.17. The van der Waals surface area contributed by atoms with Crippen molar-refractivity contribution in [1.29, 1.82) is 0 Å². The van der Waals surface area contributed by atoms with E-state index in [4.69, 9.17) is 0 Å². The number of hydrogen-bond acceptors (Lipinski definition) is 5. The lowest BCUT2D eigenvalue weighted by Crippen LogP contribution is -1.99. The lowest BCUT2D eigenvalue weighted by Gasteiger charge is -2.02. The second-order valence-corrected chi connectivity index (χ2v) is 9.59. The van der Waals surface area contributed by atoms with Gasteiger partial charge in [0.1, 0.15) is 0 Å². The molecule has 0 aliphatic rings. The van der Waals surface area contributed by atoms with Crippen LogP contribution in [-0.2, 0) is 9.84 Å². The number of carbonyl (C=O) groups excluding carboxylic acids is 1. The number of Topliss-reactive ketones (excluding diaryl/α,β-unsaturated/α-hetero) is 1. The molecule has 0 bridgehead atoms. The summed E-state index contributed by atoms with van der Waals surface area (Å²) < 4.78 is 23.6. The molecule has 0 atom stereocenters. The van der Waals surface area contributed by atoms with Gasteiger partial charge >= 0.3 is 0 Å². The Morgan fingerprint density at radius 3 is 2.35 bits per heavy atom. The van der Waals surface area contributed by atoms with Crippen LogP contribution in [0.3, 0.4) is 0 Å². The van der Waals surface area contributed by atoms with E-state index < -0.39 is 9.84 Å². The van der Waals surface area contributed by atoms with Crippen LogP contribution in [-0.4, -0.2) is 26.2 Å². The van der Waals surface area contributed by atoms with Gasteiger partial charge in [-0.1, -0.05) is 0 Å². The lowest BCUT2D eigenvalue weighted by atomic mass is 10.3. The Bertz CT molecular complexity index is 718. The number of rotatable bonds is 5. The van der Waals surface area contributed by atoms with Gasteiger partial charge in [0.15, 0.2) is 15.6 Å². The second-order valence-electron chi connectivity index (χ2n) is 4.06. The van der Waals surface area contributed by atoms with Gasteiger partial charge in [-0.05, 0) is 52.3 Å². The molecule has 7 heteroatoms. The van der Waals surface area contributed by atoms with Gasteiger partial charge < -0.3 is 0 Å². The highest BCUT2D eigenvalue weighted by Gasteiger charge is 2.10. The van der Waals surface area contributed by atoms with Crippen molar-refractivity contribution in [3.63, 3.8) is 0 Å². The average Bonchev–Trinajstić information content (AvgIpc) is 2.82. The van der Waals surface area contributed by atoms with Gasteiger partial charge in [-0.3, -0.25) is 4.79 Å². The Morgan fingerprint density at radius 2 is 1.85 bits per heavy atom. The molecular formula is C13H11BrO3S3. The maximum atomic E-state index is 11.9. The summed E-state index contributed by atoms with van der Waals surface area (Å²) in [5, 5.41) is 0. The number of ketones is 1. The Hall–Kier alpha value is -0.630. The molecule has 1 heterocycles. The minimum absolute atomic E-state index is 0.0675. The van der Waals surface area contributed by atoms with Crippen molar-refractivity contribution < 1.29 is 13.2 Å². The Morgan fingerprint density at radius 1 is 1.20 bits per heavy atom. The number of carbonyl (C=O) groups is 1. The van der Waals surface area contributed by atoms with Gasteiger partial charge in [0.2, 0.25) is 0 Å². The van der Waals surface area contributed by atoms with Crippen molar-refractivity contribution in [1.82, 2.24) is 0 Å². The molecule has 0 aliphatic carbocycles. The highest BCUT2D eigenvalue weighted by atomic mass is 79.9. The Balaban J connectivity index is 1.99. The molecule has 0 spiro atoms. The first-order valence-electron chi connectivity index (χ1n) is 5.58. The SMILES string of the molecule is CS(=O)(=O)c1ccc(SCC(=O)c2ccc(Br)s2)cc1. The van der Waals surface area contributed by atoms with E-state index in [9.17, 15) is 13.2 Å². The van der Waals surface area contributed by atoms with Crippen LogP contribution in [0.4, 0.5) is 0 Å². The smallest absolute Gasteiger partial charge is 0.183 e. The van der Waals surface area contributed by atoms with Crippen LogP contribution in [0.5, 0.6) is 0 Å². The van der Waals surface area contributed by atoms with Crippen molar-refractivity contribution in [3.05, 3.63) is 45.1 Å². The quantitative estimate of drug-likeness (QED) is 0.573. The molecule has 0 aliphatic heterocycles. The van der Waals surface area contributed by atoms with Crippen LogP contribution in [0, 0.1) is 0 Å². The molecule has 20 heavy (non-hydrogen) atoms. The molecule has 0 N–H and O–H groups in total. The molecule has 0 fully saturated rings. The average molecular weight is 391 g/mol. The maximum absolute atomic E-state index is 11.9. The predicted octanol–water partition coefficient (Wildman–Crippen LogP) is 3.89. The molecule has 1 aromatic carbocycles. The molecule has 106 valence electrons. The molecule has 2 aromatic rings. The van der Waals surface area contributed by atoms with E-state index in [0.29, 0.717) is 5.75 Å². The van der Waals surface area contributed by atoms with E-state index in [2.05, 4.69) is 15.9 Å². The molecule has 0 unspecified atom stereocenters. The summed E-state index contributed by atoms with van der Waals surface area (Å²) in [7, 11) is -3.17. The topological polar surface area (TPSA) is 51.2 Å². The fourth-order valence-corrected chi connectivity index (χ4v) is 4.29. The van der Waals surface area contributed by atoms with E-state index in [1.54, 1.807) is 30.3 Å². The van der Waals surface area contributed by atoms with Crippen LogP contribution in [0.25, 0.3) is 0 Å². The lowest BCUT2D eigenvalue weighted by molar-refractivity contribution is 0.102. The first kappa shape index (κ1) is 15.8. The summed E-state index contributed by atoms with van der Waals surface area (Å²) in [5.41, 5.74) is 0. The number of halogens is 1. The number of hydrogen-bond donors (Lipinski definition) is 0. The zero-order valence-electron chi connectivity index (χ0n) is 10.5. The molecule has 0 saturated carbocycles. The van der Waals surface area contributed by atoms with Crippen molar-refractivity contribution in [3.8, 4) is 0 Å². The molecule has 2 rings (SSSR count). The fraction of sp³-hybridized carbons (Fsp3) is 0.154. The fourth-order valence-electron chi connectivity index (χ4n) is 1.47. The summed E-state index contributed by atoms with van der Waals surface area (Å²) in [6.45, 7) is 0. The predicted molar refractivity (Wildman–Crippen MR) is 86.6 cm³/mol. The molecule has 3 nitrogen and oxygen atoms in total. The van der Waals surface area contributed by atoms with Crippen molar-refractivity contribution >= 4 is 54.6 Å². The van der Waals surface area contributed by atoms with Crippen molar-refractivity contribution in [2.75, 3.05) is 12.0 Å². The summed E-state index contributed by atoms with van der Waals surface area (Å²) in [4.78, 5) is 13.8. The number of sulfone groups is 1. The zero-order valence-corrected chi connectivity index (χ0v) is 14.5. The van der Waals surface area contributed by atoms with Crippen LogP contribution in [0.2, 0.25) is 0 Å². The summed E-state index contributed by atoms with van der Waals surface area (Å²) >= 11 is 6.14. The molecule has 1 aromatic heterocycles. The van der Waals surface area contributed by atoms with Gasteiger partial charge in [0.05, 0.1) is 19.3 Å². The minimum Gasteiger partial charge on any atom is -0.292 e. The van der Waals surface area contributed by atoms with Crippen LogP contribution < -0.4 is 0 Å². The standard InChI is InChI=1S/C13H11BrO3S3/c1-20(16,17)10-4-2-9(3-5-10)18-8-11(15)12-6-7-13(14)19-12/h2-7H,8H2,1H3. The third kappa shape index (κ3) is 4.18. The van der Waals surface area contributed by atoms with Gasteiger partial charge in [0.25, 0.3) is 0 Å². The van der Waals surface area contributed by atoms with Crippen molar-refractivity contribution in [2.24, 2.45) is 0 Å². The number of benzene rings is 1. The Labute approximate surface area is 134 Å². The maximum Gasteiger partial charge on any atom is 0.183 e. The number of thioether (sulfide) groups is 1. The van der Waals surface area contributed by atoms with Gasteiger partial charge in [0, 0.05) is 11.2 Å². The summed E-state index contributed by atoms with van der Waals surface area (Å²) in [6, 6.07) is 10.2. The molecule has 0 amide bonds. The van der Waals surface area contributed by atoms with E-state index in [0.717, 1.165) is 13.6 Å². The van der Waals surface area contributed by atoms with Gasteiger partial charge in [-0.25, -0.2) is 8.42 Å². The van der Waals surface area contributed by atoms with Gasteiger partial charge in [-0.15, -0.1) is 23.1 Å². The summed E-state index contributed by atoms with van der Waals surface area (Å²) in [5.74, 6) is 0.406. The first-order valence-corrected chi connectivity index (χ1v) is 10.1. The van der Waals surface area contributed by atoms with Crippen LogP contribution >= 0.6 is 39.0 Å². The molecular weight excluding hydrogens is 380 g/mol. The normalized spacial score (nSPS) is 11.5. The third-order valence-electron chi connectivity index (χ3n) is 2.47.